The summed E-state index contributed by atoms with van der Waals surface area (Å²) in [4.78, 5) is 1.01. The number of hydrogen-bond donors (Lipinski definition) is 1. The van der Waals surface area contributed by atoms with Crippen LogP contribution >= 0.6 is 11.8 Å². The monoisotopic (exact) mass is 255 g/mol. The predicted octanol–water partition coefficient (Wildman–Crippen LogP) is 3.94. The molecule has 96 valence electrons. The van der Waals surface area contributed by atoms with Crippen LogP contribution in [0, 0.1) is 11.7 Å². The first kappa shape index (κ1) is 14.5. The molecule has 0 bridgehead atoms. The van der Waals surface area contributed by atoms with Gasteiger partial charge in [0.2, 0.25) is 0 Å². The largest absolute Gasteiger partial charge is 0.313 e. The maximum absolute atomic E-state index is 13.0. The lowest BCUT2D eigenvalue weighted by Crippen LogP contribution is -2.32. The Labute approximate surface area is 108 Å². The van der Waals surface area contributed by atoms with E-state index >= 15 is 0 Å². The Hall–Kier alpha value is -0.540. The van der Waals surface area contributed by atoms with Gasteiger partial charge in [0.25, 0.3) is 0 Å². The van der Waals surface area contributed by atoms with Crippen LogP contribution in [0.15, 0.2) is 29.2 Å². The molecule has 0 heterocycles. The molecule has 0 aliphatic carbocycles. The maximum Gasteiger partial charge on any atom is 0.124 e. The van der Waals surface area contributed by atoms with Gasteiger partial charge in [-0.3, -0.25) is 0 Å². The molecule has 1 nitrogen and oxygen atoms in total. The third-order valence-corrected chi connectivity index (χ3v) is 3.65. The van der Waals surface area contributed by atoms with Crippen molar-refractivity contribution in [2.75, 3.05) is 12.3 Å². The highest BCUT2D eigenvalue weighted by Crippen LogP contribution is 2.21. The highest BCUT2D eigenvalue weighted by Gasteiger charge is 2.10. The molecule has 0 radical (unpaired) electrons. The molecule has 0 amide bonds. The molecule has 1 N–H and O–H groups in total. The molecular weight excluding hydrogens is 233 g/mol. The Morgan fingerprint density at radius 2 is 2.12 bits per heavy atom. The second-order valence-electron chi connectivity index (χ2n) is 4.65. The first-order valence-corrected chi connectivity index (χ1v) is 7.22. The van der Waals surface area contributed by atoms with Crippen molar-refractivity contribution >= 4 is 11.8 Å². The van der Waals surface area contributed by atoms with Crippen molar-refractivity contribution in [3.05, 3.63) is 30.1 Å². The molecular formula is C14H22FNS. The number of nitrogens with one attached hydrogen (secondary N) is 1. The Balaban J connectivity index is 2.45. The van der Waals surface area contributed by atoms with Crippen LogP contribution in [-0.4, -0.2) is 18.3 Å². The van der Waals surface area contributed by atoms with Crippen LogP contribution in [0.25, 0.3) is 0 Å². The molecule has 0 spiro atoms. The predicted molar refractivity (Wildman–Crippen MR) is 74.0 cm³/mol. The summed E-state index contributed by atoms with van der Waals surface area (Å²) >= 11 is 1.72. The highest BCUT2D eigenvalue weighted by atomic mass is 32.2. The van der Waals surface area contributed by atoms with E-state index in [1.165, 1.54) is 6.07 Å². The van der Waals surface area contributed by atoms with Gasteiger partial charge in [-0.1, -0.05) is 26.8 Å². The molecule has 1 aromatic carbocycles. The Bertz CT molecular complexity index is 328. The number of rotatable bonds is 7. The molecule has 1 unspecified atom stereocenters. The van der Waals surface area contributed by atoms with Crippen molar-refractivity contribution in [1.29, 1.82) is 0 Å². The fourth-order valence-electron chi connectivity index (χ4n) is 1.82. The van der Waals surface area contributed by atoms with Gasteiger partial charge in [-0.05, 0) is 37.1 Å². The van der Waals surface area contributed by atoms with E-state index in [4.69, 9.17) is 0 Å². The third kappa shape index (κ3) is 6.08. The van der Waals surface area contributed by atoms with Gasteiger partial charge in [-0.25, -0.2) is 4.39 Å². The third-order valence-electron chi connectivity index (χ3n) is 2.50. The molecule has 0 saturated carbocycles. The quantitative estimate of drug-likeness (QED) is 0.741. The van der Waals surface area contributed by atoms with Gasteiger partial charge in [0.1, 0.15) is 5.82 Å². The first-order valence-electron chi connectivity index (χ1n) is 6.23. The molecule has 0 fully saturated rings. The number of hydrogen-bond acceptors (Lipinski definition) is 2. The average Bonchev–Trinajstić information content (AvgIpc) is 2.26. The van der Waals surface area contributed by atoms with Crippen LogP contribution in [0.5, 0.6) is 0 Å². The standard InChI is InChI=1S/C14H22FNS/c1-4-16-13(8-11(2)3)10-17-14-7-5-6-12(15)9-14/h5-7,9,11,13,16H,4,8,10H2,1-3H3. The number of thioether (sulfide) groups is 1. The minimum atomic E-state index is -0.154. The van der Waals surface area contributed by atoms with E-state index in [9.17, 15) is 4.39 Å². The minimum Gasteiger partial charge on any atom is -0.313 e. The van der Waals surface area contributed by atoms with Crippen LogP contribution in [0.3, 0.4) is 0 Å². The molecule has 0 aliphatic heterocycles. The molecule has 17 heavy (non-hydrogen) atoms. The topological polar surface area (TPSA) is 12.0 Å². The zero-order valence-electron chi connectivity index (χ0n) is 10.9. The molecule has 0 saturated heterocycles. The van der Waals surface area contributed by atoms with Crippen LogP contribution in [0.4, 0.5) is 4.39 Å². The lowest BCUT2D eigenvalue weighted by molar-refractivity contribution is 0.456. The van der Waals surface area contributed by atoms with E-state index in [1.54, 1.807) is 23.9 Å². The fraction of sp³-hybridized carbons (Fsp3) is 0.571. The Kier molecular flexibility index (Phi) is 6.60. The molecule has 3 heteroatoms. The zero-order chi connectivity index (χ0) is 12.7. The van der Waals surface area contributed by atoms with Crippen molar-refractivity contribution in [3.8, 4) is 0 Å². The van der Waals surface area contributed by atoms with Crippen molar-refractivity contribution < 1.29 is 4.39 Å². The fourth-order valence-corrected chi connectivity index (χ4v) is 2.84. The lowest BCUT2D eigenvalue weighted by atomic mass is 10.1. The summed E-state index contributed by atoms with van der Waals surface area (Å²) in [7, 11) is 0. The normalized spacial score (nSPS) is 13.0. The first-order chi connectivity index (χ1) is 8.11. The van der Waals surface area contributed by atoms with E-state index in [2.05, 4.69) is 26.1 Å². The van der Waals surface area contributed by atoms with Crippen LogP contribution in [-0.2, 0) is 0 Å². The van der Waals surface area contributed by atoms with Crippen molar-refractivity contribution in [1.82, 2.24) is 5.32 Å². The van der Waals surface area contributed by atoms with Crippen LogP contribution in [0.1, 0.15) is 27.2 Å². The van der Waals surface area contributed by atoms with Gasteiger partial charge in [-0.2, -0.15) is 0 Å². The van der Waals surface area contributed by atoms with Crippen molar-refractivity contribution in [3.63, 3.8) is 0 Å². The second-order valence-corrected chi connectivity index (χ2v) is 5.75. The molecule has 1 rings (SSSR count). The van der Waals surface area contributed by atoms with Gasteiger partial charge >= 0.3 is 0 Å². The summed E-state index contributed by atoms with van der Waals surface area (Å²) in [5, 5.41) is 3.48. The summed E-state index contributed by atoms with van der Waals surface area (Å²) in [6.45, 7) is 7.58. The van der Waals surface area contributed by atoms with Gasteiger partial charge < -0.3 is 5.32 Å². The zero-order valence-corrected chi connectivity index (χ0v) is 11.7. The molecule has 1 atom stereocenters. The maximum atomic E-state index is 13.0. The Morgan fingerprint density at radius 1 is 1.35 bits per heavy atom. The summed E-state index contributed by atoms with van der Waals surface area (Å²) < 4.78 is 13.0. The summed E-state index contributed by atoms with van der Waals surface area (Å²) in [6, 6.07) is 7.32. The number of halogens is 1. The van der Waals surface area contributed by atoms with Gasteiger partial charge in [0.15, 0.2) is 0 Å². The SMILES string of the molecule is CCNC(CSc1cccc(F)c1)CC(C)C. The van der Waals surface area contributed by atoms with Gasteiger partial charge in [0, 0.05) is 16.7 Å². The van der Waals surface area contributed by atoms with Gasteiger partial charge in [0.05, 0.1) is 0 Å². The van der Waals surface area contributed by atoms with E-state index in [-0.39, 0.29) is 5.82 Å². The van der Waals surface area contributed by atoms with E-state index in [0.717, 1.165) is 23.6 Å². The van der Waals surface area contributed by atoms with E-state index < -0.39 is 0 Å². The molecule has 0 aliphatic rings. The summed E-state index contributed by atoms with van der Waals surface area (Å²) in [5.74, 6) is 1.53. The smallest absolute Gasteiger partial charge is 0.124 e. The Morgan fingerprint density at radius 3 is 2.71 bits per heavy atom. The van der Waals surface area contributed by atoms with Crippen LogP contribution in [0.2, 0.25) is 0 Å². The van der Waals surface area contributed by atoms with E-state index in [1.807, 2.05) is 6.07 Å². The van der Waals surface area contributed by atoms with Gasteiger partial charge in [-0.15, -0.1) is 11.8 Å². The second kappa shape index (κ2) is 7.72. The number of benzene rings is 1. The van der Waals surface area contributed by atoms with Crippen LogP contribution < -0.4 is 5.32 Å². The lowest BCUT2D eigenvalue weighted by Gasteiger charge is -2.19. The minimum absolute atomic E-state index is 0.154. The van der Waals surface area contributed by atoms with E-state index in [0.29, 0.717) is 12.0 Å². The molecule has 1 aromatic rings. The van der Waals surface area contributed by atoms with Crippen molar-refractivity contribution in [2.45, 2.75) is 38.1 Å². The highest BCUT2D eigenvalue weighted by molar-refractivity contribution is 7.99. The van der Waals surface area contributed by atoms with Crippen molar-refractivity contribution in [2.24, 2.45) is 5.92 Å². The summed E-state index contributed by atoms with van der Waals surface area (Å²) in [6.07, 6.45) is 1.16. The average molecular weight is 255 g/mol. The summed E-state index contributed by atoms with van der Waals surface area (Å²) in [5.41, 5.74) is 0. The molecule has 0 aromatic heterocycles.